The second-order valence-electron chi connectivity index (χ2n) is 6.61. The van der Waals surface area contributed by atoms with Gasteiger partial charge in [0.15, 0.2) is 0 Å². The third kappa shape index (κ3) is 5.34. The van der Waals surface area contributed by atoms with Crippen molar-refractivity contribution in [3.63, 3.8) is 0 Å². The standard InChI is InChI=1S/C20H24N4O3/c1-24(11-7-15-4-8-21-9-5-15)20(26)16-6-10-22-18(13-16)19(25)23-14-17-3-2-12-27-17/h4-6,8-10,13,17H,2-3,7,11-12,14H2,1H3,(H,23,25). The number of carbonyl (C=O) groups is 2. The van der Waals surface area contributed by atoms with Crippen LogP contribution in [-0.2, 0) is 11.2 Å². The predicted molar refractivity (Wildman–Crippen MR) is 100 cm³/mol. The molecule has 1 N–H and O–H groups in total. The van der Waals surface area contributed by atoms with E-state index in [1.807, 2.05) is 12.1 Å². The molecule has 142 valence electrons. The number of aromatic nitrogens is 2. The Balaban J connectivity index is 1.56. The van der Waals surface area contributed by atoms with E-state index < -0.39 is 0 Å². The molecule has 1 aliphatic rings. The Hall–Kier alpha value is -2.80. The van der Waals surface area contributed by atoms with Crippen LogP contribution in [0.25, 0.3) is 0 Å². The van der Waals surface area contributed by atoms with Crippen molar-refractivity contribution in [3.05, 3.63) is 59.7 Å². The van der Waals surface area contributed by atoms with Gasteiger partial charge in [-0.05, 0) is 49.1 Å². The monoisotopic (exact) mass is 368 g/mol. The fraction of sp³-hybridized carbons (Fsp3) is 0.400. The van der Waals surface area contributed by atoms with Gasteiger partial charge in [-0.2, -0.15) is 0 Å². The van der Waals surface area contributed by atoms with E-state index in [-0.39, 0.29) is 23.6 Å². The second-order valence-corrected chi connectivity index (χ2v) is 6.61. The maximum Gasteiger partial charge on any atom is 0.269 e. The lowest BCUT2D eigenvalue weighted by atomic mass is 10.1. The summed E-state index contributed by atoms with van der Waals surface area (Å²) >= 11 is 0. The van der Waals surface area contributed by atoms with Gasteiger partial charge >= 0.3 is 0 Å². The Morgan fingerprint density at radius 1 is 1.26 bits per heavy atom. The maximum atomic E-state index is 12.6. The molecule has 1 aliphatic heterocycles. The Morgan fingerprint density at radius 3 is 2.81 bits per heavy atom. The average Bonchev–Trinajstić information content (AvgIpc) is 3.24. The average molecular weight is 368 g/mol. The smallest absolute Gasteiger partial charge is 0.269 e. The van der Waals surface area contributed by atoms with E-state index in [0.29, 0.717) is 18.7 Å². The molecule has 3 heterocycles. The Labute approximate surface area is 158 Å². The van der Waals surface area contributed by atoms with Crippen LogP contribution in [0.5, 0.6) is 0 Å². The highest BCUT2D eigenvalue weighted by Gasteiger charge is 2.18. The summed E-state index contributed by atoms with van der Waals surface area (Å²) < 4.78 is 5.50. The van der Waals surface area contributed by atoms with E-state index in [4.69, 9.17) is 4.74 Å². The Bertz CT molecular complexity index is 776. The van der Waals surface area contributed by atoms with Gasteiger partial charge < -0.3 is 15.0 Å². The van der Waals surface area contributed by atoms with Crippen LogP contribution in [0.1, 0.15) is 39.3 Å². The van der Waals surface area contributed by atoms with E-state index >= 15 is 0 Å². The molecule has 0 bridgehead atoms. The first-order valence-corrected chi connectivity index (χ1v) is 9.13. The molecule has 0 saturated carbocycles. The first-order valence-electron chi connectivity index (χ1n) is 9.13. The van der Waals surface area contributed by atoms with E-state index in [2.05, 4.69) is 15.3 Å². The van der Waals surface area contributed by atoms with Crippen molar-refractivity contribution in [1.82, 2.24) is 20.2 Å². The molecule has 0 aromatic carbocycles. The summed E-state index contributed by atoms with van der Waals surface area (Å²) in [7, 11) is 1.75. The Morgan fingerprint density at radius 2 is 2.07 bits per heavy atom. The number of amides is 2. The number of hydrogen-bond acceptors (Lipinski definition) is 5. The number of hydrogen-bond donors (Lipinski definition) is 1. The van der Waals surface area contributed by atoms with Gasteiger partial charge in [-0.15, -0.1) is 0 Å². The molecule has 0 spiro atoms. The number of nitrogens with one attached hydrogen (secondary N) is 1. The number of nitrogens with zero attached hydrogens (tertiary/aromatic N) is 3. The van der Waals surface area contributed by atoms with Crippen molar-refractivity contribution >= 4 is 11.8 Å². The first-order chi connectivity index (χ1) is 13.1. The largest absolute Gasteiger partial charge is 0.376 e. The van der Waals surface area contributed by atoms with Crippen LogP contribution in [0.4, 0.5) is 0 Å². The number of rotatable bonds is 7. The van der Waals surface area contributed by atoms with E-state index in [1.54, 1.807) is 30.4 Å². The van der Waals surface area contributed by atoms with Crippen molar-refractivity contribution < 1.29 is 14.3 Å². The highest BCUT2D eigenvalue weighted by Crippen LogP contribution is 2.11. The molecule has 7 nitrogen and oxygen atoms in total. The van der Waals surface area contributed by atoms with Crippen molar-refractivity contribution in [1.29, 1.82) is 0 Å². The summed E-state index contributed by atoms with van der Waals surface area (Å²) in [5.74, 6) is -0.431. The molecular formula is C20H24N4O3. The maximum absolute atomic E-state index is 12.6. The summed E-state index contributed by atoms with van der Waals surface area (Å²) in [5.41, 5.74) is 1.81. The van der Waals surface area contributed by atoms with Gasteiger partial charge in [-0.25, -0.2) is 0 Å². The van der Waals surface area contributed by atoms with Crippen LogP contribution in [0.15, 0.2) is 42.9 Å². The van der Waals surface area contributed by atoms with Gasteiger partial charge in [0.1, 0.15) is 5.69 Å². The van der Waals surface area contributed by atoms with Crippen LogP contribution < -0.4 is 5.32 Å². The zero-order valence-corrected chi connectivity index (χ0v) is 15.4. The zero-order valence-electron chi connectivity index (χ0n) is 15.4. The molecule has 1 fully saturated rings. The molecule has 2 amide bonds. The fourth-order valence-corrected chi connectivity index (χ4v) is 2.96. The summed E-state index contributed by atoms with van der Waals surface area (Å²) in [6, 6.07) is 7.03. The number of ether oxygens (including phenoxy) is 1. The van der Waals surface area contributed by atoms with Gasteiger partial charge in [0.25, 0.3) is 11.8 Å². The van der Waals surface area contributed by atoms with Gasteiger partial charge in [0, 0.05) is 50.9 Å². The minimum atomic E-state index is -0.292. The van der Waals surface area contributed by atoms with Crippen LogP contribution >= 0.6 is 0 Å². The fourth-order valence-electron chi connectivity index (χ4n) is 2.96. The van der Waals surface area contributed by atoms with Gasteiger partial charge in [0.05, 0.1) is 6.10 Å². The molecule has 0 radical (unpaired) electrons. The summed E-state index contributed by atoms with van der Waals surface area (Å²) in [4.78, 5) is 34.7. The van der Waals surface area contributed by atoms with Gasteiger partial charge in [0.2, 0.25) is 0 Å². The van der Waals surface area contributed by atoms with Crippen LogP contribution in [-0.4, -0.2) is 59.5 Å². The van der Waals surface area contributed by atoms with Crippen molar-refractivity contribution in [2.75, 3.05) is 26.7 Å². The van der Waals surface area contributed by atoms with Gasteiger partial charge in [-0.1, -0.05) is 0 Å². The molecule has 0 aliphatic carbocycles. The van der Waals surface area contributed by atoms with Crippen LogP contribution in [0.3, 0.4) is 0 Å². The highest BCUT2D eigenvalue weighted by atomic mass is 16.5. The summed E-state index contributed by atoms with van der Waals surface area (Å²) in [6.07, 6.45) is 7.75. The molecule has 1 unspecified atom stereocenters. The van der Waals surface area contributed by atoms with Crippen molar-refractivity contribution in [2.45, 2.75) is 25.4 Å². The molecule has 2 aromatic heterocycles. The third-order valence-electron chi connectivity index (χ3n) is 4.59. The topological polar surface area (TPSA) is 84.4 Å². The number of pyridine rings is 2. The minimum Gasteiger partial charge on any atom is -0.376 e. The van der Waals surface area contributed by atoms with E-state index in [9.17, 15) is 9.59 Å². The second kappa shape index (κ2) is 9.23. The lowest BCUT2D eigenvalue weighted by molar-refractivity contribution is 0.0796. The Kier molecular flexibility index (Phi) is 6.49. The predicted octanol–water partition coefficient (Wildman–Crippen LogP) is 1.70. The van der Waals surface area contributed by atoms with Crippen molar-refractivity contribution in [3.8, 4) is 0 Å². The molecular weight excluding hydrogens is 344 g/mol. The molecule has 2 aromatic rings. The lowest BCUT2D eigenvalue weighted by Gasteiger charge is -2.17. The quantitative estimate of drug-likeness (QED) is 0.804. The van der Waals surface area contributed by atoms with Gasteiger partial charge in [-0.3, -0.25) is 19.6 Å². The van der Waals surface area contributed by atoms with Crippen LogP contribution in [0.2, 0.25) is 0 Å². The molecule has 1 saturated heterocycles. The summed E-state index contributed by atoms with van der Waals surface area (Å²) in [5, 5.41) is 2.83. The van der Waals surface area contributed by atoms with E-state index in [0.717, 1.165) is 31.4 Å². The first kappa shape index (κ1) is 19.0. The molecule has 1 atom stereocenters. The molecule has 7 heteroatoms. The molecule has 3 rings (SSSR count). The highest BCUT2D eigenvalue weighted by molar-refractivity contribution is 5.98. The summed E-state index contributed by atoms with van der Waals surface area (Å²) in [6.45, 7) is 1.78. The zero-order chi connectivity index (χ0) is 19.1. The SMILES string of the molecule is CN(CCc1ccncc1)C(=O)c1ccnc(C(=O)NCC2CCCO2)c1. The third-order valence-corrected chi connectivity index (χ3v) is 4.59. The minimum absolute atomic E-state index is 0.0677. The number of likely N-dealkylation sites (N-methyl/N-ethyl adjacent to an activating group) is 1. The van der Waals surface area contributed by atoms with Crippen LogP contribution in [0, 0.1) is 0 Å². The lowest BCUT2D eigenvalue weighted by Crippen LogP contribution is -2.33. The van der Waals surface area contributed by atoms with E-state index in [1.165, 1.54) is 12.3 Å². The van der Waals surface area contributed by atoms with Crippen molar-refractivity contribution in [2.24, 2.45) is 0 Å². The number of carbonyl (C=O) groups excluding carboxylic acids is 2. The molecule has 27 heavy (non-hydrogen) atoms. The normalized spacial score (nSPS) is 16.1.